The van der Waals surface area contributed by atoms with Crippen LogP contribution in [0.2, 0.25) is 0 Å². The summed E-state index contributed by atoms with van der Waals surface area (Å²) in [5, 5.41) is 0. The van der Waals surface area contributed by atoms with Crippen LogP contribution in [0.5, 0.6) is 0 Å². The lowest BCUT2D eigenvalue weighted by Crippen LogP contribution is -2.28. The molecular formula is C13H15NOS. The maximum Gasteiger partial charge on any atom is 0.223 e. The Morgan fingerprint density at radius 1 is 1.44 bits per heavy atom. The van der Waals surface area contributed by atoms with Gasteiger partial charge in [0.15, 0.2) is 0 Å². The lowest BCUT2D eigenvalue weighted by molar-refractivity contribution is -0.128. The highest BCUT2D eigenvalue weighted by Gasteiger charge is 2.34. The lowest BCUT2D eigenvalue weighted by atomic mass is 10.0. The summed E-state index contributed by atoms with van der Waals surface area (Å²) >= 11 is 1.88. The van der Waals surface area contributed by atoms with E-state index < -0.39 is 0 Å². The molecule has 0 spiro atoms. The topological polar surface area (TPSA) is 20.3 Å². The van der Waals surface area contributed by atoms with E-state index in [0.29, 0.717) is 11.9 Å². The van der Waals surface area contributed by atoms with Crippen molar-refractivity contribution in [1.29, 1.82) is 0 Å². The Balaban J connectivity index is 2.08. The van der Waals surface area contributed by atoms with Crippen molar-refractivity contribution >= 4 is 17.7 Å². The molecule has 2 nitrogen and oxygen atoms in total. The van der Waals surface area contributed by atoms with Gasteiger partial charge in [-0.1, -0.05) is 17.7 Å². The second-order valence-corrected chi connectivity index (χ2v) is 5.67. The van der Waals surface area contributed by atoms with Crippen molar-refractivity contribution < 1.29 is 4.79 Å². The zero-order valence-corrected chi connectivity index (χ0v) is 10.2. The van der Waals surface area contributed by atoms with Crippen LogP contribution in [0, 0.1) is 6.92 Å². The molecule has 3 rings (SSSR count). The molecule has 1 aromatic carbocycles. The first-order chi connectivity index (χ1) is 7.75. The fraction of sp³-hybridized carbons (Fsp3) is 0.462. The second-order valence-electron chi connectivity index (χ2n) is 4.53. The predicted molar refractivity (Wildman–Crippen MR) is 65.6 cm³/mol. The zero-order chi connectivity index (χ0) is 11.1. The van der Waals surface area contributed by atoms with Crippen molar-refractivity contribution in [1.82, 2.24) is 4.90 Å². The monoisotopic (exact) mass is 233 g/mol. The maximum atomic E-state index is 11.8. The summed E-state index contributed by atoms with van der Waals surface area (Å²) < 4.78 is 0. The Labute approximate surface area is 100 Å². The van der Waals surface area contributed by atoms with E-state index in [9.17, 15) is 4.79 Å². The highest BCUT2D eigenvalue weighted by atomic mass is 32.2. The first-order valence-corrected chi connectivity index (χ1v) is 6.77. The van der Waals surface area contributed by atoms with Crippen LogP contribution in [0.15, 0.2) is 23.1 Å². The van der Waals surface area contributed by atoms with E-state index in [1.165, 1.54) is 16.0 Å². The lowest BCUT2D eigenvalue weighted by Gasteiger charge is -2.23. The van der Waals surface area contributed by atoms with Crippen LogP contribution in [-0.4, -0.2) is 23.1 Å². The van der Waals surface area contributed by atoms with Gasteiger partial charge in [-0.3, -0.25) is 4.79 Å². The molecule has 1 saturated heterocycles. The molecule has 1 fully saturated rings. The summed E-state index contributed by atoms with van der Waals surface area (Å²) in [6, 6.07) is 6.97. The van der Waals surface area contributed by atoms with Crippen LogP contribution in [0.3, 0.4) is 0 Å². The summed E-state index contributed by atoms with van der Waals surface area (Å²) in [5.41, 5.74) is 2.66. The highest BCUT2D eigenvalue weighted by Crippen LogP contribution is 2.41. The fourth-order valence-corrected chi connectivity index (χ4v) is 3.68. The molecule has 0 aromatic heterocycles. The standard InChI is InChI=1S/C13H15NOS/c1-9-2-4-12-10(8-9)11-3-5-13(15)14(11)6-7-16-12/h2,4,8,11H,3,5-7H2,1H3. The van der Waals surface area contributed by atoms with E-state index >= 15 is 0 Å². The van der Waals surface area contributed by atoms with Gasteiger partial charge in [0.05, 0.1) is 6.04 Å². The van der Waals surface area contributed by atoms with E-state index in [0.717, 1.165) is 25.1 Å². The van der Waals surface area contributed by atoms with E-state index in [2.05, 4.69) is 30.0 Å². The summed E-state index contributed by atoms with van der Waals surface area (Å²) in [6.45, 7) is 3.03. The molecule has 3 heteroatoms. The van der Waals surface area contributed by atoms with Gasteiger partial charge in [0.2, 0.25) is 5.91 Å². The summed E-state index contributed by atoms with van der Waals surface area (Å²) in [5.74, 6) is 1.36. The van der Waals surface area contributed by atoms with Crippen LogP contribution in [-0.2, 0) is 4.79 Å². The molecule has 84 valence electrons. The molecule has 0 radical (unpaired) electrons. The fourth-order valence-electron chi connectivity index (χ4n) is 2.65. The van der Waals surface area contributed by atoms with Crippen molar-refractivity contribution in [3.8, 4) is 0 Å². The molecule has 0 N–H and O–H groups in total. The van der Waals surface area contributed by atoms with Gasteiger partial charge in [-0.05, 0) is 25.0 Å². The highest BCUT2D eigenvalue weighted by molar-refractivity contribution is 7.99. The molecule has 1 aromatic rings. The molecule has 2 heterocycles. The number of benzene rings is 1. The summed E-state index contributed by atoms with van der Waals surface area (Å²) in [7, 11) is 0. The van der Waals surface area contributed by atoms with Crippen LogP contribution in [0.25, 0.3) is 0 Å². The number of hydrogen-bond acceptors (Lipinski definition) is 2. The Morgan fingerprint density at radius 2 is 2.31 bits per heavy atom. The summed E-state index contributed by atoms with van der Waals surface area (Å²) in [4.78, 5) is 15.2. The minimum atomic E-state index is 0.333. The van der Waals surface area contributed by atoms with Gasteiger partial charge in [0.25, 0.3) is 0 Å². The number of rotatable bonds is 0. The van der Waals surface area contributed by atoms with Crippen LogP contribution in [0.4, 0.5) is 0 Å². The molecule has 16 heavy (non-hydrogen) atoms. The van der Waals surface area contributed by atoms with Crippen molar-refractivity contribution in [2.45, 2.75) is 30.7 Å². The average molecular weight is 233 g/mol. The molecule has 1 unspecified atom stereocenters. The Kier molecular flexibility index (Phi) is 2.43. The van der Waals surface area contributed by atoms with E-state index in [1.54, 1.807) is 0 Å². The van der Waals surface area contributed by atoms with Gasteiger partial charge in [0, 0.05) is 23.6 Å². The number of fused-ring (bicyclic) bond motifs is 3. The zero-order valence-electron chi connectivity index (χ0n) is 9.40. The number of hydrogen-bond donors (Lipinski definition) is 0. The van der Waals surface area contributed by atoms with Gasteiger partial charge in [-0.2, -0.15) is 0 Å². The van der Waals surface area contributed by atoms with E-state index in [1.807, 2.05) is 11.8 Å². The van der Waals surface area contributed by atoms with Crippen molar-refractivity contribution in [2.24, 2.45) is 0 Å². The van der Waals surface area contributed by atoms with Crippen molar-refractivity contribution in [3.05, 3.63) is 29.3 Å². The van der Waals surface area contributed by atoms with Gasteiger partial charge in [-0.15, -0.1) is 11.8 Å². The second kappa shape index (κ2) is 3.81. The number of aryl methyl sites for hydroxylation is 1. The molecule has 1 amide bonds. The van der Waals surface area contributed by atoms with Crippen molar-refractivity contribution in [2.75, 3.05) is 12.3 Å². The average Bonchev–Trinajstić information content (AvgIpc) is 2.54. The summed E-state index contributed by atoms with van der Waals surface area (Å²) in [6.07, 6.45) is 1.72. The van der Waals surface area contributed by atoms with Gasteiger partial charge < -0.3 is 4.90 Å². The smallest absolute Gasteiger partial charge is 0.223 e. The van der Waals surface area contributed by atoms with Gasteiger partial charge >= 0.3 is 0 Å². The minimum Gasteiger partial charge on any atom is -0.335 e. The maximum absolute atomic E-state index is 11.8. The SMILES string of the molecule is Cc1ccc2c(c1)C1CCC(=O)N1CCS2. The molecule has 0 saturated carbocycles. The first kappa shape index (κ1) is 10.2. The molecule has 2 aliphatic rings. The van der Waals surface area contributed by atoms with Gasteiger partial charge in [-0.25, -0.2) is 0 Å². The molecule has 0 bridgehead atoms. The number of thioether (sulfide) groups is 1. The van der Waals surface area contributed by atoms with Gasteiger partial charge in [0.1, 0.15) is 0 Å². The van der Waals surface area contributed by atoms with E-state index in [4.69, 9.17) is 0 Å². The third-order valence-corrected chi connectivity index (χ3v) is 4.51. The molecule has 1 atom stereocenters. The minimum absolute atomic E-state index is 0.333. The van der Waals surface area contributed by atoms with Crippen LogP contribution >= 0.6 is 11.8 Å². The number of amides is 1. The van der Waals surface area contributed by atoms with Crippen LogP contribution in [0.1, 0.15) is 30.0 Å². The Morgan fingerprint density at radius 3 is 3.19 bits per heavy atom. The molecule has 0 aliphatic carbocycles. The largest absolute Gasteiger partial charge is 0.335 e. The van der Waals surface area contributed by atoms with Crippen molar-refractivity contribution in [3.63, 3.8) is 0 Å². The third-order valence-electron chi connectivity index (χ3n) is 3.44. The number of nitrogens with zero attached hydrogens (tertiary/aromatic N) is 1. The third kappa shape index (κ3) is 1.54. The van der Waals surface area contributed by atoms with Crippen LogP contribution < -0.4 is 0 Å². The predicted octanol–water partition coefficient (Wildman–Crippen LogP) is 2.76. The first-order valence-electron chi connectivity index (χ1n) is 5.78. The number of carbonyl (C=O) groups is 1. The Hall–Kier alpha value is -0.960. The van der Waals surface area contributed by atoms with E-state index in [-0.39, 0.29) is 0 Å². The quantitative estimate of drug-likeness (QED) is 0.686. The molecule has 2 aliphatic heterocycles. The molecular weight excluding hydrogens is 218 g/mol. The normalized spacial score (nSPS) is 23.9. The Bertz CT molecular complexity index is 444. The number of carbonyl (C=O) groups excluding carboxylic acids is 1.